The summed E-state index contributed by atoms with van der Waals surface area (Å²) in [7, 11) is 0. The van der Waals surface area contributed by atoms with E-state index < -0.39 is 11.9 Å². The number of carbonyl (C=O) groups excluding carboxylic acids is 1. The van der Waals surface area contributed by atoms with Crippen LogP contribution in [0.15, 0.2) is 0 Å². The van der Waals surface area contributed by atoms with E-state index in [-0.39, 0.29) is 17.9 Å². The first kappa shape index (κ1) is 15.0. The Morgan fingerprint density at radius 1 is 1.44 bits per heavy atom. The molecule has 5 heteroatoms. The highest BCUT2D eigenvalue weighted by Gasteiger charge is 2.43. The summed E-state index contributed by atoms with van der Waals surface area (Å²) >= 11 is 0. The molecule has 1 unspecified atom stereocenters. The molecule has 2 N–H and O–H groups in total. The molecule has 0 radical (unpaired) electrons. The quantitative estimate of drug-likeness (QED) is 0.645. The summed E-state index contributed by atoms with van der Waals surface area (Å²) < 4.78 is 5.30. The van der Waals surface area contributed by atoms with Gasteiger partial charge >= 0.3 is 5.97 Å². The first-order valence-corrected chi connectivity index (χ1v) is 6.60. The minimum absolute atomic E-state index is 0.0125. The summed E-state index contributed by atoms with van der Waals surface area (Å²) in [6.45, 7) is 4.98. The third-order valence-electron chi connectivity index (χ3n) is 3.71. The van der Waals surface area contributed by atoms with Crippen molar-refractivity contribution in [2.24, 2.45) is 11.3 Å². The third kappa shape index (κ3) is 3.70. The standard InChI is InChI=1S/C13H23NO4/c1-3-18-8-7-13(5-4-6-13)12(17)14-9-10(2)11(15)16/h10H,3-9H2,1-2H3,(H,14,17)(H,15,16). The maximum Gasteiger partial charge on any atom is 0.308 e. The minimum atomic E-state index is -0.882. The van der Waals surface area contributed by atoms with Gasteiger partial charge in [-0.15, -0.1) is 0 Å². The molecule has 1 amide bonds. The zero-order valence-corrected chi connectivity index (χ0v) is 11.2. The largest absolute Gasteiger partial charge is 0.481 e. The van der Waals surface area contributed by atoms with Crippen LogP contribution in [0.2, 0.25) is 0 Å². The summed E-state index contributed by atoms with van der Waals surface area (Å²) in [4.78, 5) is 22.8. The molecule has 0 heterocycles. The first-order chi connectivity index (χ1) is 8.52. The maximum absolute atomic E-state index is 12.1. The number of carbonyl (C=O) groups is 2. The normalized spacial score (nSPS) is 18.8. The van der Waals surface area contributed by atoms with E-state index in [4.69, 9.17) is 9.84 Å². The van der Waals surface area contributed by atoms with E-state index in [0.717, 1.165) is 25.7 Å². The Morgan fingerprint density at radius 3 is 2.56 bits per heavy atom. The van der Waals surface area contributed by atoms with E-state index in [2.05, 4.69) is 5.32 Å². The molecule has 0 bridgehead atoms. The summed E-state index contributed by atoms with van der Waals surface area (Å²) in [6, 6.07) is 0. The van der Waals surface area contributed by atoms with Crippen LogP contribution in [-0.4, -0.2) is 36.7 Å². The van der Waals surface area contributed by atoms with Gasteiger partial charge in [-0.05, 0) is 26.2 Å². The Morgan fingerprint density at radius 2 is 2.11 bits per heavy atom. The van der Waals surface area contributed by atoms with E-state index >= 15 is 0 Å². The smallest absolute Gasteiger partial charge is 0.308 e. The van der Waals surface area contributed by atoms with Crippen LogP contribution in [0.25, 0.3) is 0 Å². The average Bonchev–Trinajstić information content (AvgIpc) is 2.28. The van der Waals surface area contributed by atoms with Crippen molar-refractivity contribution < 1.29 is 19.4 Å². The molecule has 1 atom stereocenters. The maximum atomic E-state index is 12.1. The summed E-state index contributed by atoms with van der Waals surface area (Å²) in [6.07, 6.45) is 3.56. The molecular weight excluding hydrogens is 234 g/mol. The second-order valence-corrected chi connectivity index (χ2v) is 5.03. The number of carboxylic acids is 1. The van der Waals surface area contributed by atoms with Gasteiger partial charge in [0.15, 0.2) is 0 Å². The van der Waals surface area contributed by atoms with E-state index in [1.54, 1.807) is 6.92 Å². The van der Waals surface area contributed by atoms with Crippen LogP contribution < -0.4 is 5.32 Å². The molecule has 0 aromatic heterocycles. The molecule has 1 rings (SSSR count). The number of hydrogen-bond acceptors (Lipinski definition) is 3. The molecule has 0 saturated heterocycles. The van der Waals surface area contributed by atoms with Crippen molar-refractivity contribution in [3.63, 3.8) is 0 Å². The van der Waals surface area contributed by atoms with Gasteiger partial charge in [0, 0.05) is 19.8 Å². The highest BCUT2D eigenvalue weighted by Crippen LogP contribution is 2.44. The molecule has 0 spiro atoms. The second kappa shape index (κ2) is 6.73. The molecule has 1 aliphatic rings. The van der Waals surface area contributed by atoms with Crippen LogP contribution >= 0.6 is 0 Å². The summed E-state index contributed by atoms with van der Waals surface area (Å²) in [5.74, 6) is -1.44. The number of ether oxygens (including phenoxy) is 1. The van der Waals surface area contributed by atoms with Gasteiger partial charge in [-0.25, -0.2) is 0 Å². The zero-order chi connectivity index (χ0) is 13.6. The van der Waals surface area contributed by atoms with Crippen molar-refractivity contribution in [3.8, 4) is 0 Å². The van der Waals surface area contributed by atoms with Gasteiger partial charge in [0.2, 0.25) is 5.91 Å². The second-order valence-electron chi connectivity index (χ2n) is 5.03. The minimum Gasteiger partial charge on any atom is -0.481 e. The monoisotopic (exact) mass is 257 g/mol. The van der Waals surface area contributed by atoms with Crippen molar-refractivity contribution in [1.29, 1.82) is 0 Å². The average molecular weight is 257 g/mol. The lowest BCUT2D eigenvalue weighted by atomic mass is 9.66. The zero-order valence-electron chi connectivity index (χ0n) is 11.2. The van der Waals surface area contributed by atoms with Crippen molar-refractivity contribution in [2.75, 3.05) is 19.8 Å². The van der Waals surface area contributed by atoms with E-state index in [9.17, 15) is 9.59 Å². The lowest BCUT2D eigenvalue weighted by Gasteiger charge is -2.40. The predicted octanol–water partition coefficient (Wildman–Crippen LogP) is 1.42. The molecule has 0 aromatic rings. The van der Waals surface area contributed by atoms with Crippen molar-refractivity contribution in [2.45, 2.75) is 39.5 Å². The van der Waals surface area contributed by atoms with Gasteiger partial charge in [0.1, 0.15) is 0 Å². The van der Waals surface area contributed by atoms with Crippen LogP contribution in [0.5, 0.6) is 0 Å². The summed E-state index contributed by atoms with van der Waals surface area (Å²) in [5.41, 5.74) is -0.312. The third-order valence-corrected chi connectivity index (χ3v) is 3.71. The lowest BCUT2D eigenvalue weighted by Crippen LogP contribution is -2.47. The highest BCUT2D eigenvalue weighted by atomic mass is 16.5. The van der Waals surface area contributed by atoms with Crippen molar-refractivity contribution in [3.05, 3.63) is 0 Å². The van der Waals surface area contributed by atoms with E-state index in [1.807, 2.05) is 6.92 Å². The fourth-order valence-electron chi connectivity index (χ4n) is 2.13. The number of amides is 1. The summed E-state index contributed by atoms with van der Waals surface area (Å²) in [5, 5.41) is 11.5. The lowest BCUT2D eigenvalue weighted by molar-refractivity contribution is -0.142. The van der Waals surface area contributed by atoms with E-state index in [0.29, 0.717) is 13.2 Å². The SMILES string of the molecule is CCOCCC1(C(=O)NCC(C)C(=O)O)CCC1. The molecule has 1 saturated carbocycles. The van der Waals surface area contributed by atoms with Crippen LogP contribution in [-0.2, 0) is 14.3 Å². The molecule has 1 aliphatic carbocycles. The highest BCUT2D eigenvalue weighted by molar-refractivity contribution is 5.84. The van der Waals surface area contributed by atoms with Gasteiger partial charge in [0.25, 0.3) is 0 Å². The van der Waals surface area contributed by atoms with Crippen LogP contribution in [0, 0.1) is 11.3 Å². The molecule has 0 aromatic carbocycles. The topological polar surface area (TPSA) is 75.6 Å². The van der Waals surface area contributed by atoms with E-state index in [1.165, 1.54) is 0 Å². The number of aliphatic carboxylic acids is 1. The van der Waals surface area contributed by atoms with Crippen LogP contribution in [0.1, 0.15) is 39.5 Å². The number of rotatable bonds is 8. The van der Waals surface area contributed by atoms with Crippen LogP contribution in [0.4, 0.5) is 0 Å². The Hall–Kier alpha value is -1.10. The molecule has 18 heavy (non-hydrogen) atoms. The molecule has 5 nitrogen and oxygen atoms in total. The van der Waals surface area contributed by atoms with Gasteiger partial charge in [-0.1, -0.05) is 13.3 Å². The Bertz CT molecular complexity index is 299. The molecular formula is C13H23NO4. The van der Waals surface area contributed by atoms with Gasteiger partial charge in [0.05, 0.1) is 11.3 Å². The van der Waals surface area contributed by atoms with Gasteiger partial charge in [-0.3, -0.25) is 9.59 Å². The Labute approximate surface area is 108 Å². The number of hydrogen-bond donors (Lipinski definition) is 2. The molecule has 104 valence electrons. The van der Waals surface area contributed by atoms with Crippen LogP contribution in [0.3, 0.4) is 0 Å². The predicted molar refractivity (Wildman–Crippen MR) is 67.2 cm³/mol. The van der Waals surface area contributed by atoms with Crippen molar-refractivity contribution >= 4 is 11.9 Å². The first-order valence-electron chi connectivity index (χ1n) is 6.60. The fraction of sp³-hybridized carbons (Fsp3) is 0.846. The Balaban J connectivity index is 2.39. The van der Waals surface area contributed by atoms with Gasteiger partial charge in [-0.2, -0.15) is 0 Å². The number of nitrogens with one attached hydrogen (secondary N) is 1. The number of carboxylic acid groups (broad SMARTS) is 1. The van der Waals surface area contributed by atoms with Crippen molar-refractivity contribution in [1.82, 2.24) is 5.32 Å². The molecule has 1 fully saturated rings. The fourth-order valence-corrected chi connectivity index (χ4v) is 2.13. The molecule has 0 aliphatic heterocycles. The Kier molecular flexibility index (Phi) is 5.59. The van der Waals surface area contributed by atoms with Gasteiger partial charge < -0.3 is 15.2 Å².